The van der Waals surface area contributed by atoms with E-state index in [9.17, 15) is 0 Å². The summed E-state index contributed by atoms with van der Waals surface area (Å²) in [5.41, 5.74) is 20.6. The van der Waals surface area contributed by atoms with Gasteiger partial charge in [-0.15, -0.1) is 0 Å². The second kappa shape index (κ2) is 20.4. The first-order valence-electron chi connectivity index (χ1n) is 20.7. The molecule has 0 saturated carbocycles. The monoisotopic (exact) mass is 773 g/mol. The molecule has 0 fully saturated rings. The molecule has 1 aliphatic rings. The summed E-state index contributed by atoms with van der Waals surface area (Å²) in [6.45, 7) is 10.4. The Balaban J connectivity index is 1.16. The van der Waals surface area contributed by atoms with Crippen LogP contribution in [0.15, 0.2) is 247 Å². The second-order valence-corrected chi connectivity index (χ2v) is 14.9. The molecule has 0 bridgehead atoms. The van der Waals surface area contributed by atoms with Crippen molar-refractivity contribution < 1.29 is 0 Å². The summed E-state index contributed by atoms with van der Waals surface area (Å²) in [4.78, 5) is 5.26. The van der Waals surface area contributed by atoms with Gasteiger partial charge in [0.25, 0.3) is 0 Å². The Bertz CT molecular complexity index is 2690. The zero-order valence-corrected chi connectivity index (χ0v) is 34.8. The van der Waals surface area contributed by atoms with Crippen molar-refractivity contribution in [3.05, 3.63) is 270 Å². The van der Waals surface area contributed by atoms with Crippen molar-refractivity contribution in [2.24, 2.45) is 4.99 Å². The van der Waals surface area contributed by atoms with Crippen LogP contribution in [0.25, 0.3) is 44.7 Å². The second-order valence-electron chi connectivity index (χ2n) is 14.9. The van der Waals surface area contributed by atoms with E-state index >= 15 is 0 Å². The highest BCUT2D eigenvalue weighted by Crippen LogP contribution is 2.35. The van der Waals surface area contributed by atoms with Crippen LogP contribution >= 0.6 is 0 Å². The van der Waals surface area contributed by atoms with Gasteiger partial charge in [0.15, 0.2) is 0 Å². The zero-order chi connectivity index (χ0) is 41.5. The third-order valence-electron chi connectivity index (χ3n) is 10.9. The Hall–Kier alpha value is -7.31. The molecular weight excluding hydrogens is 723 g/mol. The molecular formula is C59H51N. The molecule has 7 rings (SSSR count). The van der Waals surface area contributed by atoms with Gasteiger partial charge in [-0.3, -0.25) is 0 Å². The van der Waals surface area contributed by atoms with Gasteiger partial charge in [0.2, 0.25) is 0 Å². The van der Waals surface area contributed by atoms with Crippen LogP contribution in [0.2, 0.25) is 0 Å². The van der Waals surface area contributed by atoms with E-state index in [4.69, 9.17) is 4.99 Å². The van der Waals surface area contributed by atoms with Gasteiger partial charge in [0, 0.05) is 17.2 Å². The Morgan fingerprint density at radius 2 is 1.22 bits per heavy atom. The van der Waals surface area contributed by atoms with Gasteiger partial charge in [-0.2, -0.15) is 0 Å². The van der Waals surface area contributed by atoms with Crippen molar-refractivity contribution in [1.29, 1.82) is 0 Å². The molecule has 0 N–H and O–H groups in total. The summed E-state index contributed by atoms with van der Waals surface area (Å²) in [5.74, 6) is 0.210. The summed E-state index contributed by atoms with van der Waals surface area (Å²) in [7, 11) is 0. The first kappa shape index (κ1) is 40.9. The lowest BCUT2D eigenvalue weighted by atomic mass is 9.85. The SMILES string of the molecule is C=C/C=C(/C=C=C(/N=C(\C)C1=CC=CC(c2cccc(C(/C=C\C=C/C)=C(/C)c3ccc(-c4ccccc4)cc3)c2)C1)c1ccccc1)c1ccc(-c2ccccc2)cc1. The Morgan fingerprint density at radius 1 is 0.633 bits per heavy atom. The molecule has 1 unspecified atom stereocenters. The van der Waals surface area contributed by atoms with Gasteiger partial charge >= 0.3 is 0 Å². The number of rotatable bonds is 13. The average Bonchev–Trinajstić information content (AvgIpc) is 3.32. The van der Waals surface area contributed by atoms with Crippen LogP contribution in [0.5, 0.6) is 0 Å². The smallest absolute Gasteiger partial charge is 0.112 e. The molecule has 0 spiro atoms. The van der Waals surface area contributed by atoms with Crippen molar-refractivity contribution in [3.63, 3.8) is 0 Å². The van der Waals surface area contributed by atoms with Crippen molar-refractivity contribution in [1.82, 2.24) is 0 Å². The minimum absolute atomic E-state index is 0.210. The van der Waals surface area contributed by atoms with Gasteiger partial charge in [-0.25, -0.2) is 4.99 Å². The van der Waals surface area contributed by atoms with E-state index in [1.165, 1.54) is 55.7 Å². The van der Waals surface area contributed by atoms with E-state index in [0.29, 0.717) is 0 Å². The largest absolute Gasteiger partial charge is 0.244 e. The molecule has 0 saturated heterocycles. The fourth-order valence-electron chi connectivity index (χ4n) is 7.51. The molecule has 60 heavy (non-hydrogen) atoms. The predicted molar refractivity (Wildman–Crippen MR) is 260 cm³/mol. The molecule has 6 aromatic carbocycles. The third-order valence-corrected chi connectivity index (χ3v) is 10.9. The maximum absolute atomic E-state index is 5.26. The van der Waals surface area contributed by atoms with Gasteiger partial charge in [-0.1, -0.05) is 231 Å². The fraction of sp³-hybridized carbons (Fsp3) is 0.0847. The number of allylic oxidation sites excluding steroid dienone is 14. The maximum atomic E-state index is 5.26. The predicted octanol–water partition coefficient (Wildman–Crippen LogP) is 16.0. The average molecular weight is 774 g/mol. The summed E-state index contributed by atoms with van der Waals surface area (Å²) in [6.07, 6.45) is 22.0. The Morgan fingerprint density at radius 3 is 1.83 bits per heavy atom. The molecule has 0 radical (unpaired) electrons. The lowest BCUT2D eigenvalue weighted by molar-refractivity contribution is 0.834. The first-order valence-corrected chi connectivity index (χ1v) is 20.7. The van der Waals surface area contributed by atoms with Gasteiger partial charge in [-0.05, 0) is 100 Å². The maximum Gasteiger partial charge on any atom is 0.112 e. The van der Waals surface area contributed by atoms with E-state index in [-0.39, 0.29) is 5.92 Å². The van der Waals surface area contributed by atoms with Crippen molar-refractivity contribution in [2.45, 2.75) is 33.1 Å². The van der Waals surface area contributed by atoms with Crippen LogP contribution in [-0.2, 0) is 0 Å². The Labute approximate surface area is 357 Å². The lowest BCUT2D eigenvalue weighted by Crippen LogP contribution is -2.07. The molecule has 1 nitrogen and oxygen atoms in total. The van der Waals surface area contributed by atoms with Crippen LogP contribution in [0, 0.1) is 0 Å². The molecule has 1 heteroatoms. The lowest BCUT2D eigenvalue weighted by Gasteiger charge is -2.20. The molecule has 0 heterocycles. The van der Waals surface area contributed by atoms with Gasteiger partial charge in [0.1, 0.15) is 5.70 Å². The number of nitrogens with zero attached hydrogens (tertiary/aromatic N) is 1. The molecule has 0 aromatic heterocycles. The molecule has 1 aliphatic carbocycles. The Kier molecular flexibility index (Phi) is 13.9. The number of hydrogen-bond acceptors (Lipinski definition) is 1. The summed E-state index contributed by atoms with van der Waals surface area (Å²) < 4.78 is 0. The summed E-state index contributed by atoms with van der Waals surface area (Å²) in [5, 5.41) is 0. The molecule has 1 atom stereocenters. The van der Waals surface area contributed by atoms with Crippen molar-refractivity contribution in [3.8, 4) is 22.3 Å². The van der Waals surface area contributed by atoms with E-state index in [1.54, 1.807) is 0 Å². The van der Waals surface area contributed by atoms with E-state index in [0.717, 1.165) is 34.5 Å². The minimum Gasteiger partial charge on any atom is -0.244 e. The number of benzene rings is 6. The highest BCUT2D eigenvalue weighted by molar-refractivity contribution is 6.02. The third kappa shape index (κ3) is 10.4. The minimum atomic E-state index is 0.210. The van der Waals surface area contributed by atoms with Crippen LogP contribution < -0.4 is 0 Å². The normalized spacial score (nSPS) is 14.7. The van der Waals surface area contributed by atoms with Crippen LogP contribution in [-0.4, -0.2) is 5.71 Å². The van der Waals surface area contributed by atoms with E-state index in [1.807, 2.05) is 49.4 Å². The van der Waals surface area contributed by atoms with Gasteiger partial charge in [0.05, 0.1) is 0 Å². The molecule has 6 aromatic rings. The van der Waals surface area contributed by atoms with Crippen molar-refractivity contribution in [2.75, 3.05) is 0 Å². The highest BCUT2D eigenvalue weighted by Gasteiger charge is 2.17. The molecule has 0 aliphatic heterocycles. The summed E-state index contributed by atoms with van der Waals surface area (Å²) >= 11 is 0. The standard InChI is InChI=1S/C59H51N/c1-5-7-11-31-58(44(3)46-32-34-51(35-33-46)48-21-12-8-13-22-48)57-30-19-29-56(43-57)55-28-18-27-54(42-55)45(4)60-59(53-25-16-10-17-26-53)41-40-47(20-6-2)50-36-38-52(39-37-50)49-23-14-9-15-24-49/h5-40,43,55H,2,42H2,1,3-4H3/b7-5-,31-11-,47-20-,58-44-,60-45+. The highest BCUT2D eigenvalue weighted by atomic mass is 14.8. The molecule has 0 amide bonds. The van der Waals surface area contributed by atoms with E-state index < -0.39 is 0 Å². The van der Waals surface area contributed by atoms with Crippen LogP contribution in [0.4, 0.5) is 0 Å². The summed E-state index contributed by atoms with van der Waals surface area (Å²) in [6, 6.07) is 57.9. The van der Waals surface area contributed by atoms with Crippen molar-refractivity contribution >= 4 is 28.1 Å². The number of aliphatic imine (C=N–C) groups is 1. The first-order chi connectivity index (χ1) is 29.5. The van der Waals surface area contributed by atoms with E-state index in [2.05, 4.69) is 208 Å². The molecule has 292 valence electrons. The topological polar surface area (TPSA) is 12.4 Å². The van der Waals surface area contributed by atoms with Crippen LogP contribution in [0.1, 0.15) is 60.9 Å². The van der Waals surface area contributed by atoms with Crippen LogP contribution in [0.3, 0.4) is 0 Å². The number of hydrogen-bond donors (Lipinski definition) is 0. The quantitative estimate of drug-likeness (QED) is 0.0480. The van der Waals surface area contributed by atoms with Gasteiger partial charge < -0.3 is 0 Å². The zero-order valence-electron chi connectivity index (χ0n) is 34.8. The fourth-order valence-corrected chi connectivity index (χ4v) is 7.51.